The van der Waals surface area contributed by atoms with Gasteiger partial charge in [0.25, 0.3) is 0 Å². The first-order valence-electron chi connectivity index (χ1n) is 10.3. The molecule has 156 valence electrons. The van der Waals surface area contributed by atoms with Gasteiger partial charge in [0.05, 0.1) is 6.04 Å². The molecule has 0 aliphatic carbocycles. The van der Waals surface area contributed by atoms with Gasteiger partial charge in [0.15, 0.2) is 10.8 Å². The van der Waals surface area contributed by atoms with Crippen LogP contribution in [0.5, 0.6) is 5.75 Å². The van der Waals surface area contributed by atoms with Gasteiger partial charge in [-0.1, -0.05) is 54.1 Å². The molecule has 1 saturated heterocycles. The summed E-state index contributed by atoms with van der Waals surface area (Å²) in [6.45, 7) is 3.98. The summed E-state index contributed by atoms with van der Waals surface area (Å²) < 4.78 is 6.57. The van der Waals surface area contributed by atoms with E-state index in [2.05, 4.69) is 10.6 Å². The first-order chi connectivity index (χ1) is 15.0. The average Bonchev–Trinajstić information content (AvgIpc) is 2.75. The van der Waals surface area contributed by atoms with Crippen LogP contribution in [-0.2, 0) is 4.79 Å². The van der Waals surface area contributed by atoms with E-state index >= 15 is 0 Å². The van der Waals surface area contributed by atoms with Crippen LogP contribution in [0.2, 0.25) is 0 Å². The molecule has 2 bridgehead atoms. The standard InChI is InChI=1S/C25H23N3O2S/c1-16-12-14-18(15-13-16)28-24(31)27-22-19-10-6-7-11-20(19)30-25(28,2)21(22)23(29)26-17-8-4-3-5-9-17/h3-15,21-22H,1-2H3,(H,26,29)(H,27,31)/t21-,22-,25+/m1/s1. The van der Waals surface area contributed by atoms with E-state index in [0.29, 0.717) is 5.11 Å². The molecule has 1 amide bonds. The minimum atomic E-state index is -1.00. The molecule has 0 spiro atoms. The quantitative estimate of drug-likeness (QED) is 0.586. The largest absolute Gasteiger partial charge is 0.467 e. The van der Waals surface area contributed by atoms with E-state index in [0.717, 1.165) is 28.3 Å². The molecule has 5 rings (SSSR count). The van der Waals surface area contributed by atoms with Crippen LogP contribution in [0.15, 0.2) is 78.9 Å². The van der Waals surface area contributed by atoms with E-state index in [1.165, 1.54) is 0 Å². The number of thiocarbonyl (C=S) groups is 1. The molecule has 1 fully saturated rings. The summed E-state index contributed by atoms with van der Waals surface area (Å²) in [4.78, 5) is 15.6. The number of amides is 1. The Hall–Kier alpha value is -3.38. The Labute approximate surface area is 187 Å². The van der Waals surface area contributed by atoms with Crippen molar-refractivity contribution in [3.8, 4) is 5.75 Å². The Bertz CT molecular complexity index is 1150. The summed E-state index contributed by atoms with van der Waals surface area (Å²) in [5.74, 6) is 0.0850. The van der Waals surface area contributed by atoms with E-state index in [-0.39, 0.29) is 11.9 Å². The SMILES string of the molecule is Cc1ccc(N2C(=S)N[C@@H]3c4ccccc4O[C@@]2(C)[C@H]3C(=O)Nc2ccccc2)cc1. The predicted molar refractivity (Wildman–Crippen MR) is 126 cm³/mol. The first-order valence-corrected chi connectivity index (χ1v) is 10.7. The van der Waals surface area contributed by atoms with Gasteiger partial charge in [0.2, 0.25) is 5.91 Å². The van der Waals surface area contributed by atoms with Crippen molar-refractivity contribution in [1.29, 1.82) is 0 Å². The summed E-state index contributed by atoms with van der Waals surface area (Å²) in [5.41, 5.74) is 2.70. The number of fused-ring (bicyclic) bond motifs is 4. The number of aryl methyl sites for hydroxylation is 1. The van der Waals surface area contributed by atoms with Gasteiger partial charge >= 0.3 is 0 Å². The van der Waals surface area contributed by atoms with Gasteiger partial charge in [-0.25, -0.2) is 0 Å². The summed E-state index contributed by atoms with van der Waals surface area (Å²) >= 11 is 5.77. The highest BCUT2D eigenvalue weighted by molar-refractivity contribution is 7.80. The van der Waals surface area contributed by atoms with Gasteiger partial charge in [-0.2, -0.15) is 0 Å². The molecule has 2 heterocycles. The van der Waals surface area contributed by atoms with Crippen molar-refractivity contribution in [2.24, 2.45) is 5.92 Å². The second kappa shape index (κ2) is 7.39. The summed E-state index contributed by atoms with van der Waals surface area (Å²) in [5, 5.41) is 7.03. The van der Waals surface area contributed by atoms with Crippen LogP contribution in [0.3, 0.4) is 0 Å². The average molecular weight is 430 g/mol. The number of nitrogens with one attached hydrogen (secondary N) is 2. The zero-order valence-electron chi connectivity index (χ0n) is 17.3. The third-order valence-electron chi connectivity index (χ3n) is 6.02. The van der Waals surface area contributed by atoms with Crippen LogP contribution in [0.4, 0.5) is 11.4 Å². The number of rotatable bonds is 3. The lowest BCUT2D eigenvalue weighted by molar-refractivity contribution is -0.130. The third kappa shape index (κ3) is 3.24. The van der Waals surface area contributed by atoms with E-state index in [9.17, 15) is 4.79 Å². The Morgan fingerprint density at radius 1 is 1.03 bits per heavy atom. The van der Waals surface area contributed by atoms with E-state index in [1.54, 1.807) is 0 Å². The Kier molecular flexibility index (Phi) is 4.67. The van der Waals surface area contributed by atoms with Crippen LogP contribution < -0.4 is 20.3 Å². The van der Waals surface area contributed by atoms with Crippen molar-refractivity contribution in [2.45, 2.75) is 25.6 Å². The van der Waals surface area contributed by atoms with Crippen LogP contribution >= 0.6 is 12.2 Å². The maximum Gasteiger partial charge on any atom is 0.236 e. The zero-order chi connectivity index (χ0) is 21.6. The van der Waals surface area contributed by atoms with Gasteiger partial charge in [0.1, 0.15) is 11.7 Å². The van der Waals surface area contributed by atoms with Crippen molar-refractivity contribution in [3.05, 3.63) is 90.0 Å². The fourth-order valence-corrected chi connectivity index (χ4v) is 4.97. The Morgan fingerprint density at radius 2 is 1.71 bits per heavy atom. The van der Waals surface area contributed by atoms with Crippen molar-refractivity contribution >= 4 is 34.6 Å². The number of para-hydroxylation sites is 2. The summed E-state index contributed by atoms with van der Waals surface area (Å²) in [6.07, 6.45) is 0. The smallest absolute Gasteiger partial charge is 0.236 e. The molecule has 6 heteroatoms. The van der Waals surface area contributed by atoms with Gasteiger partial charge in [-0.3, -0.25) is 9.69 Å². The number of carbonyl (C=O) groups excluding carboxylic acids is 1. The number of hydrogen-bond acceptors (Lipinski definition) is 3. The van der Waals surface area contributed by atoms with Gasteiger partial charge in [-0.15, -0.1) is 0 Å². The van der Waals surface area contributed by atoms with Gasteiger partial charge < -0.3 is 15.4 Å². The van der Waals surface area contributed by atoms with Gasteiger partial charge in [-0.05, 0) is 56.4 Å². The monoisotopic (exact) mass is 429 g/mol. The molecule has 3 atom stereocenters. The molecule has 3 aromatic rings. The van der Waals surface area contributed by atoms with Crippen molar-refractivity contribution in [2.75, 3.05) is 10.2 Å². The molecule has 31 heavy (non-hydrogen) atoms. The number of anilines is 2. The van der Waals surface area contributed by atoms with Crippen LogP contribution in [0.25, 0.3) is 0 Å². The molecular weight excluding hydrogens is 406 g/mol. The molecule has 3 aromatic carbocycles. The second-order valence-corrected chi connectivity index (χ2v) is 8.51. The van der Waals surface area contributed by atoms with Gasteiger partial charge in [0, 0.05) is 16.9 Å². The first kappa shape index (κ1) is 19.6. The summed E-state index contributed by atoms with van der Waals surface area (Å²) in [6, 6.07) is 25.1. The molecular formula is C25H23N3O2S. The Morgan fingerprint density at radius 3 is 2.45 bits per heavy atom. The molecule has 0 saturated carbocycles. The molecule has 0 aromatic heterocycles. The van der Waals surface area contributed by atoms with E-state index < -0.39 is 11.6 Å². The maximum atomic E-state index is 13.6. The fraction of sp³-hybridized carbons (Fsp3) is 0.200. The minimum absolute atomic E-state index is 0.125. The fourth-order valence-electron chi connectivity index (χ4n) is 4.55. The molecule has 2 aliphatic heterocycles. The molecule has 2 aliphatic rings. The number of carbonyl (C=O) groups is 1. The molecule has 0 radical (unpaired) electrons. The normalized spacial score (nSPS) is 23.9. The highest BCUT2D eigenvalue weighted by atomic mass is 32.1. The predicted octanol–water partition coefficient (Wildman–Crippen LogP) is 4.79. The molecule has 2 N–H and O–H groups in total. The van der Waals surface area contributed by atoms with Crippen LogP contribution in [-0.4, -0.2) is 16.7 Å². The Balaban J connectivity index is 1.62. The third-order valence-corrected chi connectivity index (χ3v) is 6.32. The van der Waals surface area contributed by atoms with Crippen molar-refractivity contribution in [1.82, 2.24) is 5.32 Å². The van der Waals surface area contributed by atoms with Crippen LogP contribution in [0.1, 0.15) is 24.1 Å². The summed E-state index contributed by atoms with van der Waals surface area (Å²) in [7, 11) is 0. The van der Waals surface area contributed by atoms with E-state index in [4.69, 9.17) is 17.0 Å². The second-order valence-electron chi connectivity index (χ2n) is 8.13. The number of benzene rings is 3. The van der Waals surface area contributed by atoms with Crippen molar-refractivity contribution < 1.29 is 9.53 Å². The number of hydrogen-bond donors (Lipinski definition) is 2. The maximum absolute atomic E-state index is 13.6. The lowest BCUT2D eigenvalue weighted by Gasteiger charge is -2.56. The molecule has 5 nitrogen and oxygen atoms in total. The van der Waals surface area contributed by atoms with Crippen molar-refractivity contribution in [3.63, 3.8) is 0 Å². The van der Waals surface area contributed by atoms with E-state index in [1.807, 2.05) is 97.6 Å². The highest BCUT2D eigenvalue weighted by Gasteiger charge is 2.59. The molecule has 0 unspecified atom stereocenters. The number of nitrogens with zero attached hydrogens (tertiary/aromatic N) is 1. The minimum Gasteiger partial charge on any atom is -0.467 e. The van der Waals surface area contributed by atoms with Crippen LogP contribution in [0, 0.1) is 12.8 Å². The topological polar surface area (TPSA) is 53.6 Å². The number of ether oxygens (including phenoxy) is 1. The highest BCUT2D eigenvalue weighted by Crippen LogP contribution is 2.49. The lowest BCUT2D eigenvalue weighted by Crippen LogP contribution is -2.72. The lowest BCUT2D eigenvalue weighted by atomic mass is 9.78. The zero-order valence-corrected chi connectivity index (χ0v) is 18.1.